The van der Waals surface area contributed by atoms with Crippen LogP contribution in [-0.2, 0) is 13.0 Å². The first-order valence-electron chi connectivity index (χ1n) is 5.94. The second-order valence-electron chi connectivity index (χ2n) is 4.08. The Morgan fingerprint density at radius 1 is 1.37 bits per heavy atom. The van der Waals surface area contributed by atoms with Gasteiger partial charge in [-0.05, 0) is 42.3 Å². The van der Waals surface area contributed by atoms with Crippen LogP contribution in [0.2, 0.25) is 0 Å². The number of anilines is 1. The minimum absolute atomic E-state index is 0.0386. The van der Waals surface area contributed by atoms with Gasteiger partial charge >= 0.3 is 5.97 Å². The van der Waals surface area contributed by atoms with Gasteiger partial charge in [-0.15, -0.1) is 0 Å². The molecular weight excluding hydrogens is 310 g/mol. The lowest BCUT2D eigenvalue weighted by Crippen LogP contribution is -2.01. The molecule has 1 heterocycles. The monoisotopic (exact) mass is 323 g/mol. The highest BCUT2D eigenvalue weighted by atomic mass is 79.9. The van der Waals surface area contributed by atoms with Crippen LogP contribution in [0.5, 0.6) is 0 Å². The van der Waals surface area contributed by atoms with Crippen LogP contribution in [-0.4, -0.2) is 11.1 Å². The fourth-order valence-corrected chi connectivity index (χ4v) is 2.21. The summed E-state index contributed by atoms with van der Waals surface area (Å²) in [7, 11) is 0. The van der Waals surface area contributed by atoms with Crippen LogP contribution in [0, 0.1) is 0 Å². The lowest BCUT2D eigenvalue weighted by atomic mass is 10.1. The SMILES string of the molecule is CCc1cc(Br)ccc1NCc1ccc(C(=O)O)o1. The summed E-state index contributed by atoms with van der Waals surface area (Å²) in [4.78, 5) is 10.7. The van der Waals surface area contributed by atoms with E-state index in [1.807, 2.05) is 12.1 Å². The van der Waals surface area contributed by atoms with Crippen molar-refractivity contribution in [1.29, 1.82) is 0 Å². The normalized spacial score (nSPS) is 10.4. The van der Waals surface area contributed by atoms with Gasteiger partial charge in [0.15, 0.2) is 0 Å². The third-order valence-electron chi connectivity index (χ3n) is 2.77. The number of halogens is 1. The minimum atomic E-state index is -1.05. The smallest absolute Gasteiger partial charge is 0.371 e. The largest absolute Gasteiger partial charge is 0.475 e. The van der Waals surface area contributed by atoms with E-state index in [1.165, 1.54) is 11.6 Å². The summed E-state index contributed by atoms with van der Waals surface area (Å²) >= 11 is 3.44. The van der Waals surface area contributed by atoms with Crippen LogP contribution in [0.1, 0.15) is 28.8 Å². The maximum absolute atomic E-state index is 10.7. The average molecular weight is 324 g/mol. The van der Waals surface area contributed by atoms with Gasteiger partial charge in [0.2, 0.25) is 5.76 Å². The summed E-state index contributed by atoms with van der Waals surface area (Å²) in [6, 6.07) is 9.14. The number of hydrogen-bond acceptors (Lipinski definition) is 3. The molecule has 0 aliphatic rings. The van der Waals surface area contributed by atoms with Crippen molar-refractivity contribution in [2.24, 2.45) is 0 Å². The highest BCUT2D eigenvalue weighted by Crippen LogP contribution is 2.22. The summed E-state index contributed by atoms with van der Waals surface area (Å²) < 4.78 is 6.24. The minimum Gasteiger partial charge on any atom is -0.475 e. The van der Waals surface area contributed by atoms with E-state index in [1.54, 1.807) is 6.07 Å². The molecule has 19 heavy (non-hydrogen) atoms. The zero-order chi connectivity index (χ0) is 13.8. The molecule has 0 saturated carbocycles. The van der Waals surface area contributed by atoms with E-state index in [9.17, 15) is 4.79 Å². The summed E-state index contributed by atoms with van der Waals surface area (Å²) in [6.45, 7) is 2.55. The van der Waals surface area contributed by atoms with Gasteiger partial charge < -0.3 is 14.8 Å². The molecule has 0 aliphatic heterocycles. The van der Waals surface area contributed by atoms with Gasteiger partial charge in [0.25, 0.3) is 0 Å². The van der Waals surface area contributed by atoms with Crippen molar-refractivity contribution in [1.82, 2.24) is 0 Å². The molecule has 2 rings (SSSR count). The molecule has 1 aromatic carbocycles. The number of furan rings is 1. The zero-order valence-electron chi connectivity index (χ0n) is 10.4. The van der Waals surface area contributed by atoms with E-state index in [-0.39, 0.29) is 5.76 Å². The van der Waals surface area contributed by atoms with Crippen LogP contribution in [0.15, 0.2) is 39.2 Å². The third-order valence-corrected chi connectivity index (χ3v) is 3.27. The Hall–Kier alpha value is -1.75. The molecule has 0 aliphatic carbocycles. The van der Waals surface area contributed by atoms with Gasteiger partial charge in [-0.2, -0.15) is 0 Å². The van der Waals surface area contributed by atoms with E-state index in [0.717, 1.165) is 16.6 Å². The van der Waals surface area contributed by atoms with Gasteiger partial charge in [0, 0.05) is 10.2 Å². The first-order valence-corrected chi connectivity index (χ1v) is 6.73. The molecule has 0 radical (unpaired) electrons. The highest BCUT2D eigenvalue weighted by molar-refractivity contribution is 9.10. The average Bonchev–Trinajstić information content (AvgIpc) is 2.86. The maximum Gasteiger partial charge on any atom is 0.371 e. The predicted molar refractivity (Wildman–Crippen MR) is 76.5 cm³/mol. The molecule has 0 saturated heterocycles. The summed E-state index contributed by atoms with van der Waals surface area (Å²) in [5.41, 5.74) is 2.22. The second kappa shape index (κ2) is 5.93. The van der Waals surface area contributed by atoms with Crippen molar-refractivity contribution in [3.05, 3.63) is 51.9 Å². The molecule has 0 atom stereocenters. The number of carboxylic acids is 1. The van der Waals surface area contributed by atoms with E-state index < -0.39 is 5.97 Å². The molecular formula is C14H14BrNO3. The summed E-state index contributed by atoms with van der Waals surface area (Å²) in [6.07, 6.45) is 0.917. The van der Waals surface area contributed by atoms with Crippen molar-refractivity contribution in [3.8, 4) is 0 Å². The fourth-order valence-electron chi connectivity index (χ4n) is 1.80. The number of aromatic carboxylic acids is 1. The first-order chi connectivity index (χ1) is 9.10. The number of nitrogens with one attached hydrogen (secondary N) is 1. The molecule has 0 spiro atoms. The Balaban J connectivity index is 2.07. The lowest BCUT2D eigenvalue weighted by molar-refractivity contribution is 0.0660. The molecule has 0 amide bonds. The number of rotatable bonds is 5. The molecule has 100 valence electrons. The third kappa shape index (κ3) is 3.38. The van der Waals surface area contributed by atoms with E-state index in [2.05, 4.69) is 34.2 Å². The molecule has 0 bridgehead atoms. The number of carbonyl (C=O) groups is 1. The topological polar surface area (TPSA) is 62.5 Å². The molecule has 1 aromatic heterocycles. The van der Waals surface area contributed by atoms with Crippen LogP contribution in [0.3, 0.4) is 0 Å². The van der Waals surface area contributed by atoms with Gasteiger partial charge in [0.1, 0.15) is 5.76 Å². The van der Waals surface area contributed by atoms with Crippen LogP contribution >= 0.6 is 15.9 Å². The predicted octanol–water partition coefficient (Wildman–Crippen LogP) is 3.91. The van der Waals surface area contributed by atoms with Crippen molar-refractivity contribution in [2.75, 3.05) is 5.32 Å². The Bertz CT molecular complexity index is 592. The van der Waals surface area contributed by atoms with E-state index in [0.29, 0.717) is 12.3 Å². The Labute approximate surface area is 119 Å². The first kappa shape index (κ1) is 13.7. The van der Waals surface area contributed by atoms with Gasteiger partial charge in [-0.3, -0.25) is 0 Å². The quantitative estimate of drug-likeness (QED) is 0.875. The van der Waals surface area contributed by atoms with Crippen LogP contribution in [0.25, 0.3) is 0 Å². The van der Waals surface area contributed by atoms with Crippen LogP contribution in [0.4, 0.5) is 5.69 Å². The molecule has 2 aromatic rings. The second-order valence-corrected chi connectivity index (χ2v) is 5.00. The Kier molecular flexibility index (Phi) is 4.27. The summed E-state index contributed by atoms with van der Waals surface area (Å²) in [5, 5.41) is 12.0. The lowest BCUT2D eigenvalue weighted by Gasteiger charge is -2.10. The number of carboxylic acid groups (broad SMARTS) is 1. The van der Waals surface area contributed by atoms with E-state index in [4.69, 9.17) is 9.52 Å². The number of benzene rings is 1. The van der Waals surface area contributed by atoms with Crippen LogP contribution < -0.4 is 5.32 Å². The summed E-state index contributed by atoms with van der Waals surface area (Å²) in [5.74, 6) is -0.491. The molecule has 5 heteroatoms. The highest BCUT2D eigenvalue weighted by Gasteiger charge is 2.09. The Morgan fingerprint density at radius 2 is 2.16 bits per heavy atom. The molecule has 2 N–H and O–H groups in total. The van der Waals surface area contributed by atoms with Crippen molar-refractivity contribution in [2.45, 2.75) is 19.9 Å². The molecule has 0 unspecified atom stereocenters. The molecule has 0 fully saturated rings. The van der Waals surface area contributed by atoms with E-state index >= 15 is 0 Å². The number of hydrogen-bond donors (Lipinski definition) is 2. The fraction of sp³-hybridized carbons (Fsp3) is 0.214. The Morgan fingerprint density at radius 3 is 2.79 bits per heavy atom. The van der Waals surface area contributed by atoms with Crippen molar-refractivity contribution < 1.29 is 14.3 Å². The van der Waals surface area contributed by atoms with Gasteiger partial charge in [0.05, 0.1) is 6.54 Å². The van der Waals surface area contributed by atoms with Crippen molar-refractivity contribution in [3.63, 3.8) is 0 Å². The van der Waals surface area contributed by atoms with Crippen molar-refractivity contribution >= 4 is 27.6 Å². The van der Waals surface area contributed by atoms with Gasteiger partial charge in [-0.25, -0.2) is 4.79 Å². The zero-order valence-corrected chi connectivity index (χ0v) is 12.0. The van der Waals surface area contributed by atoms with Gasteiger partial charge in [-0.1, -0.05) is 22.9 Å². The maximum atomic E-state index is 10.7. The standard InChI is InChI=1S/C14H14BrNO3/c1-2-9-7-10(15)3-5-12(9)16-8-11-4-6-13(19-11)14(17)18/h3-7,16H,2,8H2,1H3,(H,17,18). The number of aryl methyl sites for hydroxylation is 1. The molecule has 4 nitrogen and oxygen atoms in total.